The van der Waals surface area contributed by atoms with E-state index in [4.69, 9.17) is 0 Å². The van der Waals surface area contributed by atoms with E-state index in [0.29, 0.717) is 12.8 Å². The van der Waals surface area contributed by atoms with Crippen LogP contribution in [0.1, 0.15) is 12.8 Å². The SMILES string of the molecule is O=C([C@H](F)C(F)(F)F)N1CCCC1. The predicted molar refractivity (Wildman–Crippen MR) is 36.8 cm³/mol. The zero-order chi connectivity index (χ0) is 10.1. The van der Waals surface area contributed by atoms with Gasteiger partial charge in [0.1, 0.15) is 0 Å². The molecular weight excluding hydrogens is 190 g/mol. The zero-order valence-corrected chi connectivity index (χ0v) is 6.77. The standard InChI is InChI=1S/C7H9F4NO/c8-5(7(9,10)11)6(13)12-3-1-2-4-12/h5H,1-4H2/t5-/m0/s1. The van der Waals surface area contributed by atoms with Crippen molar-refractivity contribution in [1.82, 2.24) is 4.90 Å². The highest BCUT2D eigenvalue weighted by Crippen LogP contribution is 2.25. The van der Waals surface area contributed by atoms with Crippen LogP contribution in [-0.2, 0) is 4.79 Å². The first-order chi connectivity index (χ1) is 5.93. The number of hydrogen-bond acceptors (Lipinski definition) is 1. The lowest BCUT2D eigenvalue weighted by Crippen LogP contribution is -2.42. The van der Waals surface area contributed by atoms with Crippen LogP contribution in [0.4, 0.5) is 17.6 Å². The molecule has 76 valence electrons. The number of carbonyl (C=O) groups is 1. The molecular formula is C7H9F4NO. The van der Waals surface area contributed by atoms with E-state index in [1.165, 1.54) is 0 Å². The monoisotopic (exact) mass is 199 g/mol. The Morgan fingerprint density at radius 1 is 1.23 bits per heavy atom. The second kappa shape index (κ2) is 3.51. The Bertz CT molecular complexity index is 197. The van der Waals surface area contributed by atoms with Gasteiger partial charge in [-0.2, -0.15) is 13.2 Å². The molecule has 0 spiro atoms. The van der Waals surface area contributed by atoms with Gasteiger partial charge in [-0.25, -0.2) is 4.39 Å². The number of alkyl halides is 4. The highest BCUT2D eigenvalue weighted by Gasteiger charge is 2.47. The van der Waals surface area contributed by atoms with Gasteiger partial charge < -0.3 is 4.90 Å². The Hall–Kier alpha value is -0.810. The number of amides is 1. The highest BCUT2D eigenvalue weighted by atomic mass is 19.4. The largest absolute Gasteiger partial charge is 0.428 e. The Morgan fingerprint density at radius 2 is 1.69 bits per heavy atom. The molecule has 1 atom stereocenters. The maximum Gasteiger partial charge on any atom is 0.428 e. The lowest BCUT2D eigenvalue weighted by atomic mass is 10.3. The molecule has 1 rings (SSSR count). The van der Waals surface area contributed by atoms with Gasteiger partial charge in [0.05, 0.1) is 0 Å². The van der Waals surface area contributed by atoms with Crippen molar-refractivity contribution >= 4 is 5.91 Å². The summed E-state index contributed by atoms with van der Waals surface area (Å²) < 4.78 is 47.6. The van der Waals surface area contributed by atoms with Crippen LogP contribution < -0.4 is 0 Å². The van der Waals surface area contributed by atoms with Gasteiger partial charge >= 0.3 is 6.18 Å². The average Bonchev–Trinajstić information content (AvgIpc) is 2.51. The molecule has 13 heavy (non-hydrogen) atoms. The van der Waals surface area contributed by atoms with Gasteiger partial charge in [-0.15, -0.1) is 0 Å². The molecule has 0 aliphatic carbocycles. The molecule has 1 heterocycles. The number of rotatable bonds is 1. The van der Waals surface area contributed by atoms with Gasteiger partial charge in [0.15, 0.2) is 0 Å². The van der Waals surface area contributed by atoms with E-state index in [0.717, 1.165) is 4.90 Å². The average molecular weight is 199 g/mol. The van der Waals surface area contributed by atoms with Gasteiger partial charge in [-0.05, 0) is 12.8 Å². The Morgan fingerprint density at radius 3 is 2.08 bits per heavy atom. The number of halogens is 4. The van der Waals surface area contributed by atoms with Crippen molar-refractivity contribution in [3.63, 3.8) is 0 Å². The molecule has 1 fully saturated rings. The van der Waals surface area contributed by atoms with Crippen molar-refractivity contribution in [3.05, 3.63) is 0 Å². The van der Waals surface area contributed by atoms with Gasteiger partial charge in [-0.1, -0.05) is 0 Å². The van der Waals surface area contributed by atoms with Crippen LogP contribution in [0.2, 0.25) is 0 Å². The number of nitrogens with zero attached hydrogens (tertiary/aromatic N) is 1. The number of carbonyl (C=O) groups excluding carboxylic acids is 1. The summed E-state index contributed by atoms with van der Waals surface area (Å²) >= 11 is 0. The minimum Gasteiger partial charge on any atom is -0.340 e. The molecule has 0 aromatic rings. The summed E-state index contributed by atoms with van der Waals surface area (Å²) in [5.41, 5.74) is 0. The first-order valence-corrected chi connectivity index (χ1v) is 3.92. The zero-order valence-electron chi connectivity index (χ0n) is 6.77. The predicted octanol–water partition coefficient (Wildman–Crippen LogP) is 1.51. The molecule has 0 saturated carbocycles. The third-order valence-corrected chi connectivity index (χ3v) is 1.92. The van der Waals surface area contributed by atoms with Gasteiger partial charge in [0.2, 0.25) is 0 Å². The molecule has 1 aliphatic rings. The van der Waals surface area contributed by atoms with Gasteiger partial charge in [0.25, 0.3) is 12.1 Å². The minimum atomic E-state index is -5.07. The maximum absolute atomic E-state index is 12.4. The normalized spacial score (nSPS) is 20.5. The molecule has 0 N–H and O–H groups in total. The molecule has 0 aromatic carbocycles. The molecule has 0 bridgehead atoms. The van der Waals surface area contributed by atoms with E-state index < -0.39 is 18.3 Å². The van der Waals surface area contributed by atoms with Crippen LogP contribution in [0, 0.1) is 0 Å². The third kappa shape index (κ3) is 2.32. The van der Waals surface area contributed by atoms with E-state index in [-0.39, 0.29) is 13.1 Å². The summed E-state index contributed by atoms with van der Waals surface area (Å²) in [7, 11) is 0. The van der Waals surface area contributed by atoms with Crippen LogP contribution in [0.15, 0.2) is 0 Å². The van der Waals surface area contributed by atoms with Crippen LogP contribution in [0.25, 0.3) is 0 Å². The second-order valence-corrected chi connectivity index (χ2v) is 2.94. The fraction of sp³-hybridized carbons (Fsp3) is 0.857. The van der Waals surface area contributed by atoms with Crippen molar-refractivity contribution in [2.75, 3.05) is 13.1 Å². The van der Waals surface area contributed by atoms with E-state index in [2.05, 4.69) is 0 Å². The summed E-state index contributed by atoms with van der Waals surface area (Å²) in [6, 6.07) is 0. The summed E-state index contributed by atoms with van der Waals surface area (Å²) in [4.78, 5) is 11.7. The Labute approximate surface area is 72.5 Å². The first-order valence-electron chi connectivity index (χ1n) is 3.92. The van der Waals surface area contributed by atoms with Crippen LogP contribution >= 0.6 is 0 Å². The second-order valence-electron chi connectivity index (χ2n) is 2.94. The first kappa shape index (κ1) is 10.3. The smallest absolute Gasteiger partial charge is 0.340 e. The molecule has 1 saturated heterocycles. The van der Waals surface area contributed by atoms with Crippen LogP contribution in [0.5, 0.6) is 0 Å². The van der Waals surface area contributed by atoms with E-state index in [9.17, 15) is 22.4 Å². The van der Waals surface area contributed by atoms with Crippen LogP contribution in [0.3, 0.4) is 0 Å². The summed E-state index contributed by atoms with van der Waals surface area (Å²) in [5, 5.41) is 0. The molecule has 0 aromatic heterocycles. The fourth-order valence-corrected chi connectivity index (χ4v) is 1.24. The molecule has 0 radical (unpaired) electrons. The van der Waals surface area contributed by atoms with E-state index >= 15 is 0 Å². The van der Waals surface area contributed by atoms with Gasteiger partial charge in [0, 0.05) is 13.1 Å². The summed E-state index contributed by atoms with van der Waals surface area (Å²) in [6.45, 7) is 0.463. The Balaban J connectivity index is 2.56. The van der Waals surface area contributed by atoms with Gasteiger partial charge in [-0.3, -0.25) is 4.79 Å². The molecule has 1 aliphatic heterocycles. The quantitative estimate of drug-likeness (QED) is 0.586. The Kier molecular flexibility index (Phi) is 2.77. The highest BCUT2D eigenvalue weighted by molar-refractivity contribution is 5.81. The summed E-state index contributed by atoms with van der Waals surface area (Å²) in [6.07, 6.45) is -7.13. The van der Waals surface area contributed by atoms with Crippen LogP contribution in [-0.4, -0.2) is 36.2 Å². The maximum atomic E-state index is 12.4. The van der Waals surface area contributed by atoms with Crippen molar-refractivity contribution in [2.45, 2.75) is 25.2 Å². The van der Waals surface area contributed by atoms with Crippen molar-refractivity contribution in [3.8, 4) is 0 Å². The van der Waals surface area contributed by atoms with E-state index in [1.54, 1.807) is 0 Å². The molecule has 2 nitrogen and oxygen atoms in total. The number of likely N-dealkylation sites (tertiary alicyclic amines) is 1. The fourth-order valence-electron chi connectivity index (χ4n) is 1.24. The summed E-state index contributed by atoms with van der Waals surface area (Å²) in [5.74, 6) is -1.45. The molecule has 0 unspecified atom stereocenters. The van der Waals surface area contributed by atoms with Crippen molar-refractivity contribution < 1.29 is 22.4 Å². The molecule has 1 amide bonds. The topological polar surface area (TPSA) is 20.3 Å². The van der Waals surface area contributed by atoms with Crippen molar-refractivity contribution in [2.24, 2.45) is 0 Å². The number of hydrogen-bond donors (Lipinski definition) is 0. The minimum absolute atomic E-state index is 0.231. The van der Waals surface area contributed by atoms with Crippen molar-refractivity contribution in [1.29, 1.82) is 0 Å². The lowest BCUT2D eigenvalue weighted by Gasteiger charge is -2.19. The third-order valence-electron chi connectivity index (χ3n) is 1.92. The lowest BCUT2D eigenvalue weighted by molar-refractivity contribution is -0.192. The molecule has 6 heteroatoms. The van der Waals surface area contributed by atoms with E-state index in [1.807, 2.05) is 0 Å².